The van der Waals surface area contributed by atoms with E-state index >= 15 is 0 Å². The maximum Gasteiger partial charge on any atom is 0.258 e. The summed E-state index contributed by atoms with van der Waals surface area (Å²) in [5.41, 5.74) is 1.04. The van der Waals surface area contributed by atoms with Gasteiger partial charge in [-0.3, -0.25) is 4.79 Å². The van der Waals surface area contributed by atoms with E-state index in [1.54, 1.807) is 42.7 Å². The molecule has 3 rings (SSSR count). The largest absolute Gasteiger partial charge is 0.497 e. The number of thiophene rings is 1. The maximum atomic E-state index is 12.4. The van der Waals surface area contributed by atoms with Gasteiger partial charge in [0.2, 0.25) is 0 Å². The van der Waals surface area contributed by atoms with Crippen LogP contribution in [0.25, 0.3) is 0 Å². The van der Waals surface area contributed by atoms with Gasteiger partial charge in [0.1, 0.15) is 11.5 Å². The summed E-state index contributed by atoms with van der Waals surface area (Å²) in [6, 6.07) is 20.9. The fraction of sp³-hybridized carbons (Fsp3) is 0.150. The highest BCUT2D eigenvalue weighted by Gasteiger charge is 2.17. The van der Waals surface area contributed by atoms with E-state index in [0.29, 0.717) is 5.75 Å². The molecule has 0 aliphatic rings. The van der Waals surface area contributed by atoms with E-state index in [0.717, 1.165) is 16.2 Å². The molecule has 0 aliphatic heterocycles. The van der Waals surface area contributed by atoms with Crippen molar-refractivity contribution in [2.45, 2.75) is 6.04 Å². The monoisotopic (exact) mass is 353 g/mol. The summed E-state index contributed by atoms with van der Waals surface area (Å²) in [6.45, 7) is -0.0406. The second-order valence-electron chi connectivity index (χ2n) is 5.39. The summed E-state index contributed by atoms with van der Waals surface area (Å²) in [4.78, 5) is 13.4. The molecular weight excluding hydrogens is 334 g/mol. The molecule has 1 unspecified atom stereocenters. The average Bonchev–Trinajstić information content (AvgIpc) is 3.20. The summed E-state index contributed by atoms with van der Waals surface area (Å²) < 4.78 is 10.7. The number of hydrogen-bond donors (Lipinski definition) is 1. The van der Waals surface area contributed by atoms with Crippen LogP contribution >= 0.6 is 11.3 Å². The number of carbonyl (C=O) groups excluding carboxylic acids is 1. The van der Waals surface area contributed by atoms with Crippen LogP contribution in [0, 0.1) is 0 Å². The molecule has 5 heteroatoms. The van der Waals surface area contributed by atoms with E-state index in [4.69, 9.17) is 9.47 Å². The Bertz CT molecular complexity index is 786. The molecule has 0 saturated heterocycles. The zero-order valence-corrected chi connectivity index (χ0v) is 14.7. The van der Waals surface area contributed by atoms with Gasteiger partial charge >= 0.3 is 0 Å². The van der Waals surface area contributed by atoms with Crippen LogP contribution in [-0.2, 0) is 4.79 Å². The molecule has 25 heavy (non-hydrogen) atoms. The highest BCUT2D eigenvalue weighted by molar-refractivity contribution is 7.10. The molecule has 2 aromatic carbocycles. The molecular formula is C20H19NO3S. The van der Waals surface area contributed by atoms with E-state index in [-0.39, 0.29) is 18.6 Å². The second kappa shape index (κ2) is 8.35. The summed E-state index contributed by atoms with van der Waals surface area (Å²) >= 11 is 1.62. The van der Waals surface area contributed by atoms with Gasteiger partial charge in [-0.25, -0.2) is 0 Å². The van der Waals surface area contributed by atoms with Crippen molar-refractivity contribution in [1.29, 1.82) is 0 Å². The molecule has 0 bridgehead atoms. The topological polar surface area (TPSA) is 47.6 Å². The fourth-order valence-corrected chi connectivity index (χ4v) is 3.25. The van der Waals surface area contributed by atoms with Crippen LogP contribution in [0.5, 0.6) is 11.5 Å². The number of ether oxygens (including phenoxy) is 2. The first-order valence-corrected chi connectivity index (χ1v) is 8.79. The van der Waals surface area contributed by atoms with Gasteiger partial charge in [-0.05, 0) is 41.3 Å². The Labute approximate surface area is 151 Å². The Morgan fingerprint density at radius 1 is 1.00 bits per heavy atom. The minimum Gasteiger partial charge on any atom is -0.497 e. The zero-order valence-electron chi connectivity index (χ0n) is 13.8. The Hall–Kier alpha value is -2.79. The molecule has 1 atom stereocenters. The first-order valence-electron chi connectivity index (χ1n) is 7.91. The van der Waals surface area contributed by atoms with Crippen LogP contribution in [0.1, 0.15) is 16.5 Å². The molecule has 3 aromatic rings. The number of rotatable bonds is 7. The summed E-state index contributed by atoms with van der Waals surface area (Å²) in [5, 5.41) is 5.06. The highest BCUT2D eigenvalue weighted by Crippen LogP contribution is 2.26. The Balaban J connectivity index is 1.64. The molecule has 4 nitrogen and oxygen atoms in total. The van der Waals surface area contributed by atoms with Crippen LogP contribution < -0.4 is 14.8 Å². The maximum absolute atomic E-state index is 12.4. The van der Waals surface area contributed by atoms with Gasteiger partial charge in [0.05, 0.1) is 13.2 Å². The van der Waals surface area contributed by atoms with Crippen molar-refractivity contribution in [3.8, 4) is 11.5 Å². The van der Waals surface area contributed by atoms with Crippen molar-refractivity contribution < 1.29 is 14.3 Å². The van der Waals surface area contributed by atoms with E-state index in [2.05, 4.69) is 5.32 Å². The van der Waals surface area contributed by atoms with Crippen LogP contribution in [0.2, 0.25) is 0 Å². The van der Waals surface area contributed by atoms with Crippen LogP contribution in [0.15, 0.2) is 72.1 Å². The van der Waals surface area contributed by atoms with Crippen molar-refractivity contribution in [3.05, 3.63) is 82.6 Å². The lowest BCUT2D eigenvalue weighted by Crippen LogP contribution is -2.32. The van der Waals surface area contributed by atoms with Crippen molar-refractivity contribution in [2.24, 2.45) is 0 Å². The van der Waals surface area contributed by atoms with Gasteiger partial charge in [0, 0.05) is 4.88 Å². The van der Waals surface area contributed by atoms with Crippen LogP contribution in [0.4, 0.5) is 0 Å². The number of nitrogens with one attached hydrogen (secondary N) is 1. The van der Waals surface area contributed by atoms with Crippen molar-refractivity contribution in [1.82, 2.24) is 5.32 Å². The summed E-state index contributed by atoms with van der Waals surface area (Å²) in [7, 11) is 1.61. The van der Waals surface area contributed by atoms with Gasteiger partial charge in [-0.1, -0.05) is 36.4 Å². The molecule has 0 fully saturated rings. The molecule has 0 saturated carbocycles. The standard InChI is InChI=1S/C20H19NO3S/c1-23-16-9-11-17(12-10-16)24-14-19(22)21-20(18-8-5-13-25-18)15-6-3-2-4-7-15/h2-13,20H,14H2,1H3,(H,21,22). The summed E-state index contributed by atoms with van der Waals surface area (Å²) in [6.07, 6.45) is 0. The fourth-order valence-electron chi connectivity index (χ4n) is 2.44. The van der Waals surface area contributed by atoms with E-state index in [1.807, 2.05) is 47.8 Å². The minimum atomic E-state index is -0.173. The Morgan fingerprint density at radius 3 is 2.36 bits per heavy atom. The molecule has 1 N–H and O–H groups in total. The van der Waals surface area contributed by atoms with Crippen LogP contribution in [-0.4, -0.2) is 19.6 Å². The predicted molar refractivity (Wildman–Crippen MR) is 99.2 cm³/mol. The van der Waals surface area contributed by atoms with E-state index in [1.165, 1.54) is 0 Å². The van der Waals surface area contributed by atoms with Crippen molar-refractivity contribution >= 4 is 17.2 Å². The van der Waals surface area contributed by atoms with Gasteiger partial charge in [-0.2, -0.15) is 0 Å². The highest BCUT2D eigenvalue weighted by atomic mass is 32.1. The molecule has 0 radical (unpaired) electrons. The molecule has 1 heterocycles. The third kappa shape index (κ3) is 4.61. The van der Waals surface area contributed by atoms with Gasteiger partial charge < -0.3 is 14.8 Å². The average molecular weight is 353 g/mol. The van der Waals surface area contributed by atoms with E-state index < -0.39 is 0 Å². The van der Waals surface area contributed by atoms with E-state index in [9.17, 15) is 4.79 Å². The number of amides is 1. The van der Waals surface area contributed by atoms with Crippen molar-refractivity contribution in [3.63, 3.8) is 0 Å². The van der Waals surface area contributed by atoms with Crippen LogP contribution in [0.3, 0.4) is 0 Å². The SMILES string of the molecule is COc1ccc(OCC(=O)NC(c2ccccc2)c2cccs2)cc1. The predicted octanol–water partition coefficient (Wildman–Crippen LogP) is 4.04. The molecule has 1 amide bonds. The normalized spacial score (nSPS) is 11.6. The quantitative estimate of drug-likeness (QED) is 0.697. The van der Waals surface area contributed by atoms with Gasteiger partial charge in [0.15, 0.2) is 6.61 Å². The Kier molecular flexibility index (Phi) is 5.69. The number of methoxy groups -OCH3 is 1. The number of carbonyl (C=O) groups is 1. The lowest BCUT2D eigenvalue weighted by Gasteiger charge is -2.18. The zero-order chi connectivity index (χ0) is 17.5. The lowest BCUT2D eigenvalue weighted by atomic mass is 10.1. The minimum absolute atomic E-state index is 0.0406. The van der Waals surface area contributed by atoms with Crippen molar-refractivity contribution in [2.75, 3.05) is 13.7 Å². The molecule has 128 valence electrons. The third-order valence-electron chi connectivity index (χ3n) is 3.70. The van der Waals surface area contributed by atoms with Gasteiger partial charge in [-0.15, -0.1) is 11.3 Å². The number of hydrogen-bond acceptors (Lipinski definition) is 4. The first-order chi connectivity index (χ1) is 12.3. The first kappa shape index (κ1) is 17.0. The second-order valence-corrected chi connectivity index (χ2v) is 6.37. The lowest BCUT2D eigenvalue weighted by molar-refractivity contribution is -0.123. The third-order valence-corrected chi connectivity index (χ3v) is 4.63. The number of benzene rings is 2. The summed E-state index contributed by atoms with van der Waals surface area (Å²) in [5.74, 6) is 1.21. The molecule has 0 aliphatic carbocycles. The smallest absolute Gasteiger partial charge is 0.258 e. The molecule has 0 spiro atoms. The van der Waals surface area contributed by atoms with Gasteiger partial charge in [0.25, 0.3) is 5.91 Å². The Morgan fingerprint density at radius 2 is 1.72 bits per heavy atom. The molecule has 1 aromatic heterocycles.